The van der Waals surface area contributed by atoms with Gasteiger partial charge in [-0.1, -0.05) is 0 Å². The summed E-state index contributed by atoms with van der Waals surface area (Å²) in [5.74, 6) is 0. The molecule has 0 aliphatic carbocycles. The molecule has 0 amide bonds. The summed E-state index contributed by atoms with van der Waals surface area (Å²) in [6.45, 7) is 52.5. The van der Waals surface area contributed by atoms with E-state index in [-0.39, 0.29) is 88.7 Å². The molecule has 0 bridgehead atoms. The van der Waals surface area contributed by atoms with Gasteiger partial charge in [0, 0.05) is 98.6 Å². The van der Waals surface area contributed by atoms with Crippen molar-refractivity contribution in [1.82, 2.24) is 0 Å². The van der Waals surface area contributed by atoms with Crippen LogP contribution in [0.2, 0.25) is 0 Å². The molecule has 0 unspecified atom stereocenters. The summed E-state index contributed by atoms with van der Waals surface area (Å²) in [6, 6.07) is 0. The molecule has 0 radical (unpaired) electrons. The number of rotatable bonds is 0. The Morgan fingerprint density at radius 2 is 0.121 bits per heavy atom. The van der Waals surface area contributed by atoms with Crippen LogP contribution in [0, 0.1) is 178 Å². The van der Waals surface area contributed by atoms with E-state index in [9.17, 15) is 0 Å². The minimum absolute atomic E-state index is 0. The summed E-state index contributed by atoms with van der Waals surface area (Å²) >= 11 is 0. The molecule has 0 spiro atoms. The van der Waals surface area contributed by atoms with Crippen LogP contribution in [0.25, 0.3) is 0 Å². The first-order valence-electron chi connectivity index (χ1n) is 3.87. The van der Waals surface area contributed by atoms with Crippen LogP contribution in [0.4, 0.5) is 0 Å². The van der Waals surface area contributed by atoms with Crippen LogP contribution in [0.1, 0.15) is 0 Å². The van der Waals surface area contributed by atoms with Gasteiger partial charge in [-0.05, 0) is 0 Å². The van der Waals surface area contributed by atoms with Gasteiger partial charge in [0.15, 0.2) is 0 Å². The second-order valence-corrected chi connectivity index (χ2v) is 0. The molecular weight excluding hydrogens is 459 g/mol. The molecule has 0 aliphatic rings. The van der Waals surface area contributed by atoms with Crippen molar-refractivity contribution in [2.45, 2.75) is 0 Å². The minimum atomic E-state index is 0. The summed E-state index contributed by atoms with van der Waals surface area (Å²) in [7, 11) is 0. The van der Waals surface area contributed by atoms with E-state index in [1.165, 1.54) is 0 Å². The molecule has 0 saturated heterocycles. The Balaban J connectivity index is -0.00000000454. The Morgan fingerprint density at radius 3 is 0.121 bits per heavy atom. The number of hydrogen-bond acceptors (Lipinski definition) is 15. The van der Waals surface area contributed by atoms with Crippen LogP contribution in [-0.2, 0) is 0 Å². The van der Waals surface area contributed by atoms with Gasteiger partial charge in [-0.15, -0.1) is 0 Å². The van der Waals surface area contributed by atoms with Crippen molar-refractivity contribution >= 4 is 88.7 Å². The van der Waals surface area contributed by atoms with E-state index >= 15 is 0 Å². The van der Waals surface area contributed by atoms with Crippen LogP contribution < -0.4 is 0 Å². The molecule has 0 fully saturated rings. The van der Waals surface area contributed by atoms with Crippen molar-refractivity contribution in [2.24, 2.45) is 0 Å². The van der Waals surface area contributed by atoms with Gasteiger partial charge < -0.3 is 0 Å². The topological polar surface area (TPSA) is 357 Å². The van der Waals surface area contributed by atoms with Crippen LogP contribution >= 0.6 is 0 Å². The van der Waals surface area contributed by atoms with Crippen molar-refractivity contribution in [2.75, 3.05) is 0 Å². The van der Waals surface area contributed by atoms with Crippen molar-refractivity contribution < 1.29 is 0 Å². The van der Waals surface area contributed by atoms with Gasteiger partial charge in [-0.25, -0.2) is 78.9 Å². The van der Waals surface area contributed by atoms with Crippen molar-refractivity contribution in [3.05, 3.63) is 0 Å². The van der Waals surface area contributed by atoms with E-state index in [0.29, 0.717) is 0 Å². The van der Waals surface area contributed by atoms with Crippen molar-refractivity contribution in [3.8, 4) is 98.6 Å². The summed E-state index contributed by atoms with van der Waals surface area (Å²) in [6.07, 6.45) is 0. The maximum absolute atomic E-state index is 6.50. The van der Waals surface area contributed by atoms with Crippen LogP contribution in [-0.4, -0.2) is 88.7 Å². The third-order valence-electron chi connectivity index (χ3n) is 0. The standard InChI is InChI=1S/15CHN.3Na.3H/c15*1-2;;;;;;/h15*1H;;;;;;. The molecule has 0 N–H and O–H groups in total. The van der Waals surface area contributed by atoms with Gasteiger partial charge in [0.1, 0.15) is 0 Å². The zero-order valence-electron chi connectivity index (χ0n) is 15.4. The molecule has 0 aromatic heterocycles. The molecule has 18 heteroatoms. The Labute approximate surface area is 263 Å². The average Bonchev–Trinajstić information content (AvgIpc) is 3.00. The summed E-state index contributed by atoms with van der Waals surface area (Å²) in [5, 5.41) is 97.5. The molecule has 0 aromatic carbocycles. The molecule has 0 atom stereocenters. The van der Waals surface area contributed by atoms with Gasteiger partial charge in [-0.2, -0.15) is 0 Å². The van der Waals surface area contributed by atoms with Gasteiger partial charge in [0.25, 0.3) is 0 Å². The number of nitrogens with zero attached hydrogens (tertiary/aromatic N) is 15. The normalized spacial score (nSPS) is 0.909. The van der Waals surface area contributed by atoms with Crippen molar-refractivity contribution in [3.63, 3.8) is 0 Å². The first kappa shape index (κ1) is 198. The molecule has 33 heavy (non-hydrogen) atoms. The zero-order chi connectivity index (χ0) is 30.0. The summed E-state index contributed by atoms with van der Waals surface area (Å²) < 4.78 is 0. The Hall–Kier alpha value is -4.65. The SMILES string of the molecule is C#N.C#N.C#N.C#N.C#N.C#N.C#N.C#N.C#N.C#N.C#N.C#N.C#N.C#N.C#N.[NaH].[NaH].[NaH]. The first-order chi connectivity index (χ1) is 15.0. The molecule has 0 heterocycles. The Morgan fingerprint density at radius 1 is 0.121 bits per heavy atom. The third kappa shape index (κ3) is 813. The fourth-order valence-electron chi connectivity index (χ4n) is 0. The van der Waals surface area contributed by atoms with E-state index in [2.05, 4.69) is 98.6 Å². The monoisotopic (exact) mass is 477 g/mol. The molecule has 156 valence electrons. The molecule has 0 rings (SSSR count). The summed E-state index contributed by atoms with van der Waals surface area (Å²) in [4.78, 5) is 0. The molecule has 0 aromatic rings. The van der Waals surface area contributed by atoms with E-state index < -0.39 is 0 Å². The van der Waals surface area contributed by atoms with Gasteiger partial charge in [0.05, 0.1) is 0 Å². The van der Waals surface area contributed by atoms with E-state index in [1.807, 2.05) is 0 Å². The van der Waals surface area contributed by atoms with E-state index in [4.69, 9.17) is 78.9 Å². The quantitative estimate of drug-likeness (QED) is 0.418. The molecule has 15 nitrogen and oxygen atoms in total. The van der Waals surface area contributed by atoms with Crippen molar-refractivity contribution in [1.29, 1.82) is 78.9 Å². The predicted molar refractivity (Wildman–Crippen MR) is 121 cm³/mol. The molecule has 0 saturated carbocycles. The molecular formula is C15H18N15Na3. The summed E-state index contributed by atoms with van der Waals surface area (Å²) in [5.41, 5.74) is 0. The fourth-order valence-corrected chi connectivity index (χ4v) is 0. The van der Waals surface area contributed by atoms with Gasteiger partial charge in [-0.3, -0.25) is 0 Å². The second-order valence-electron chi connectivity index (χ2n) is 0. The van der Waals surface area contributed by atoms with Crippen LogP contribution in [0.5, 0.6) is 0 Å². The Kier molecular flexibility index (Phi) is 5270. The average molecular weight is 477 g/mol. The first-order valence-corrected chi connectivity index (χ1v) is 3.87. The zero-order valence-corrected chi connectivity index (χ0v) is 15.4. The van der Waals surface area contributed by atoms with Gasteiger partial charge in [0.2, 0.25) is 0 Å². The van der Waals surface area contributed by atoms with E-state index in [1.54, 1.807) is 0 Å². The van der Waals surface area contributed by atoms with Crippen LogP contribution in [0.3, 0.4) is 0 Å². The van der Waals surface area contributed by atoms with Gasteiger partial charge >= 0.3 is 88.7 Å². The number of hydrogen-bond donors (Lipinski definition) is 0. The second kappa shape index (κ2) is 878. The van der Waals surface area contributed by atoms with Crippen LogP contribution in [0.15, 0.2) is 0 Å². The van der Waals surface area contributed by atoms with E-state index in [0.717, 1.165) is 0 Å². The molecule has 0 aliphatic heterocycles. The predicted octanol–water partition coefficient (Wildman–Crippen LogP) is 0.151. The fraction of sp³-hybridized carbons (Fsp3) is 0. The number of nitriles is 15. The third-order valence-corrected chi connectivity index (χ3v) is 0. The maximum atomic E-state index is 6.50. The Bertz CT molecular complexity index is 292.